The molecular formula is C10H16N6O2. The van der Waals surface area contributed by atoms with Gasteiger partial charge in [-0.1, -0.05) is 19.0 Å². The fraction of sp³-hybridized carbons (Fsp3) is 0.700. The second-order valence-corrected chi connectivity index (χ2v) is 4.18. The van der Waals surface area contributed by atoms with Gasteiger partial charge in [-0.2, -0.15) is 9.78 Å². The Morgan fingerprint density at radius 3 is 2.72 bits per heavy atom. The minimum atomic E-state index is -0.191. The number of aromatic nitrogens is 6. The van der Waals surface area contributed by atoms with Gasteiger partial charge in [0.15, 0.2) is 0 Å². The van der Waals surface area contributed by atoms with E-state index in [0.717, 1.165) is 0 Å². The fourth-order valence-electron chi connectivity index (χ4n) is 1.56. The smallest absolute Gasteiger partial charge is 0.299 e. The Morgan fingerprint density at radius 1 is 1.39 bits per heavy atom. The van der Waals surface area contributed by atoms with Crippen LogP contribution in [0.2, 0.25) is 0 Å². The van der Waals surface area contributed by atoms with E-state index in [2.05, 4.69) is 25.6 Å². The van der Waals surface area contributed by atoms with Crippen LogP contribution in [0.15, 0.2) is 4.52 Å². The predicted octanol–water partition coefficient (Wildman–Crippen LogP) is 0.994. The highest BCUT2D eigenvalue weighted by atomic mass is 16.5. The van der Waals surface area contributed by atoms with E-state index in [1.807, 2.05) is 20.8 Å². The normalized spacial score (nSPS) is 13.2. The Labute approximate surface area is 104 Å². The van der Waals surface area contributed by atoms with Crippen LogP contribution in [0.5, 0.6) is 0 Å². The molecule has 2 aromatic rings. The molecule has 2 heterocycles. The van der Waals surface area contributed by atoms with Crippen molar-refractivity contribution in [2.24, 2.45) is 13.0 Å². The van der Waals surface area contributed by atoms with E-state index in [1.165, 1.54) is 4.80 Å². The van der Waals surface area contributed by atoms with Crippen LogP contribution in [0, 0.1) is 5.92 Å². The number of ether oxygens (including phenoxy) is 1. The van der Waals surface area contributed by atoms with Crippen molar-refractivity contribution in [1.82, 2.24) is 30.3 Å². The summed E-state index contributed by atoms with van der Waals surface area (Å²) in [6.07, 6.45) is -0.191. The van der Waals surface area contributed by atoms with Crippen molar-refractivity contribution in [3.8, 4) is 11.7 Å². The molecule has 98 valence electrons. The lowest BCUT2D eigenvalue weighted by Gasteiger charge is -2.16. The molecule has 0 bridgehead atoms. The Kier molecular flexibility index (Phi) is 3.66. The Hall–Kier alpha value is -1.83. The average molecular weight is 252 g/mol. The summed E-state index contributed by atoms with van der Waals surface area (Å²) in [5.74, 6) is 1.33. The van der Waals surface area contributed by atoms with E-state index >= 15 is 0 Å². The fourth-order valence-corrected chi connectivity index (χ4v) is 1.56. The van der Waals surface area contributed by atoms with E-state index in [-0.39, 0.29) is 17.9 Å². The summed E-state index contributed by atoms with van der Waals surface area (Å²) in [6.45, 7) is 6.60. The number of hydrogen-bond acceptors (Lipinski definition) is 7. The molecule has 0 amide bonds. The maximum atomic E-state index is 5.60. The second kappa shape index (κ2) is 5.21. The number of aryl methyl sites for hydroxylation is 1. The summed E-state index contributed by atoms with van der Waals surface area (Å²) in [5, 5.41) is 15.4. The molecule has 0 radical (unpaired) electrons. The standard InChI is InChI=1S/C10H16N6O2/c1-5-17-7(6(2)3)8-11-10(18-14-8)9-12-15-16(4)13-9/h6-7H,5H2,1-4H3. The molecule has 0 spiro atoms. The molecule has 0 saturated carbocycles. The van der Waals surface area contributed by atoms with Crippen molar-refractivity contribution in [2.75, 3.05) is 6.61 Å². The SMILES string of the molecule is CCOC(c1noc(-c2nnn(C)n2)n1)C(C)C. The van der Waals surface area contributed by atoms with Gasteiger partial charge in [0.1, 0.15) is 6.10 Å². The summed E-state index contributed by atoms with van der Waals surface area (Å²) >= 11 is 0. The minimum absolute atomic E-state index is 0.191. The molecule has 8 nitrogen and oxygen atoms in total. The third-order valence-corrected chi connectivity index (χ3v) is 2.35. The van der Waals surface area contributed by atoms with E-state index in [9.17, 15) is 0 Å². The van der Waals surface area contributed by atoms with Crippen molar-refractivity contribution < 1.29 is 9.26 Å². The third kappa shape index (κ3) is 2.53. The number of nitrogens with zero attached hydrogens (tertiary/aromatic N) is 6. The van der Waals surface area contributed by atoms with Crippen LogP contribution in [0.1, 0.15) is 32.7 Å². The van der Waals surface area contributed by atoms with Crippen molar-refractivity contribution in [1.29, 1.82) is 0 Å². The Balaban J connectivity index is 2.23. The summed E-state index contributed by atoms with van der Waals surface area (Å²) in [6, 6.07) is 0. The first kappa shape index (κ1) is 12.6. The van der Waals surface area contributed by atoms with Gasteiger partial charge in [-0.15, -0.1) is 10.2 Å². The Morgan fingerprint density at radius 2 is 2.17 bits per heavy atom. The van der Waals surface area contributed by atoms with Gasteiger partial charge in [-0.3, -0.25) is 0 Å². The van der Waals surface area contributed by atoms with Crippen LogP contribution in [0.3, 0.4) is 0 Å². The molecule has 0 aliphatic heterocycles. The lowest BCUT2D eigenvalue weighted by molar-refractivity contribution is 0.0217. The van der Waals surface area contributed by atoms with Crippen LogP contribution in [0.25, 0.3) is 11.7 Å². The summed E-state index contributed by atoms with van der Waals surface area (Å²) in [5.41, 5.74) is 0. The molecule has 1 atom stereocenters. The van der Waals surface area contributed by atoms with Crippen LogP contribution < -0.4 is 0 Å². The molecule has 0 aliphatic carbocycles. The minimum Gasteiger partial charge on any atom is -0.370 e. The summed E-state index contributed by atoms with van der Waals surface area (Å²) in [7, 11) is 1.67. The molecule has 0 fully saturated rings. The van der Waals surface area contributed by atoms with E-state index in [0.29, 0.717) is 18.3 Å². The predicted molar refractivity (Wildman–Crippen MR) is 61.3 cm³/mol. The number of rotatable bonds is 5. The highest BCUT2D eigenvalue weighted by Crippen LogP contribution is 2.24. The first-order valence-corrected chi connectivity index (χ1v) is 5.81. The zero-order valence-corrected chi connectivity index (χ0v) is 10.9. The maximum Gasteiger partial charge on any atom is 0.299 e. The molecular weight excluding hydrogens is 236 g/mol. The van der Waals surface area contributed by atoms with Gasteiger partial charge in [0, 0.05) is 6.61 Å². The van der Waals surface area contributed by atoms with Gasteiger partial charge in [-0.25, -0.2) is 0 Å². The molecule has 0 aliphatic rings. The lowest BCUT2D eigenvalue weighted by atomic mass is 10.1. The Bertz CT molecular complexity index is 506. The molecule has 2 rings (SSSR count). The zero-order valence-electron chi connectivity index (χ0n) is 10.9. The monoisotopic (exact) mass is 252 g/mol. The highest BCUT2D eigenvalue weighted by molar-refractivity contribution is 5.36. The van der Waals surface area contributed by atoms with Gasteiger partial charge in [0.25, 0.3) is 11.7 Å². The summed E-state index contributed by atoms with van der Waals surface area (Å²) < 4.78 is 10.7. The van der Waals surface area contributed by atoms with E-state index < -0.39 is 0 Å². The number of hydrogen-bond donors (Lipinski definition) is 0. The maximum absolute atomic E-state index is 5.60. The molecule has 18 heavy (non-hydrogen) atoms. The quantitative estimate of drug-likeness (QED) is 0.783. The first-order chi connectivity index (χ1) is 8.61. The first-order valence-electron chi connectivity index (χ1n) is 5.81. The lowest BCUT2D eigenvalue weighted by Crippen LogP contribution is -2.12. The molecule has 0 aromatic carbocycles. The van der Waals surface area contributed by atoms with Crippen LogP contribution in [-0.2, 0) is 11.8 Å². The second-order valence-electron chi connectivity index (χ2n) is 4.18. The van der Waals surface area contributed by atoms with Crippen molar-refractivity contribution in [3.05, 3.63) is 5.82 Å². The molecule has 0 N–H and O–H groups in total. The molecule has 0 saturated heterocycles. The van der Waals surface area contributed by atoms with Crippen LogP contribution in [-0.4, -0.2) is 37.0 Å². The molecule has 2 aromatic heterocycles. The van der Waals surface area contributed by atoms with Gasteiger partial charge in [0.05, 0.1) is 7.05 Å². The average Bonchev–Trinajstić information content (AvgIpc) is 2.93. The molecule has 8 heteroatoms. The number of tetrazole rings is 1. The zero-order chi connectivity index (χ0) is 13.1. The van der Waals surface area contributed by atoms with Crippen LogP contribution >= 0.6 is 0 Å². The largest absolute Gasteiger partial charge is 0.370 e. The van der Waals surface area contributed by atoms with E-state index in [1.54, 1.807) is 7.05 Å². The van der Waals surface area contributed by atoms with Crippen molar-refractivity contribution in [3.63, 3.8) is 0 Å². The highest BCUT2D eigenvalue weighted by Gasteiger charge is 2.23. The van der Waals surface area contributed by atoms with Crippen LogP contribution in [0.4, 0.5) is 0 Å². The van der Waals surface area contributed by atoms with Gasteiger partial charge in [0.2, 0.25) is 5.82 Å². The van der Waals surface area contributed by atoms with Crippen molar-refractivity contribution >= 4 is 0 Å². The topological polar surface area (TPSA) is 91.8 Å². The third-order valence-electron chi connectivity index (χ3n) is 2.35. The van der Waals surface area contributed by atoms with E-state index in [4.69, 9.17) is 9.26 Å². The summed E-state index contributed by atoms with van der Waals surface area (Å²) in [4.78, 5) is 5.59. The van der Waals surface area contributed by atoms with Gasteiger partial charge < -0.3 is 9.26 Å². The van der Waals surface area contributed by atoms with Gasteiger partial charge in [-0.05, 0) is 18.1 Å². The van der Waals surface area contributed by atoms with Gasteiger partial charge >= 0.3 is 0 Å². The molecule has 1 unspecified atom stereocenters. The van der Waals surface area contributed by atoms with Crippen molar-refractivity contribution in [2.45, 2.75) is 26.9 Å².